The van der Waals surface area contributed by atoms with Gasteiger partial charge in [-0.05, 0) is 41.7 Å². The Morgan fingerprint density at radius 3 is 2.41 bits per heavy atom. The quantitative estimate of drug-likeness (QED) is 0.810. The van der Waals surface area contributed by atoms with E-state index in [2.05, 4.69) is 41.9 Å². The van der Waals surface area contributed by atoms with E-state index in [9.17, 15) is 0 Å². The molecule has 1 aliphatic rings. The summed E-state index contributed by atoms with van der Waals surface area (Å²) in [6.45, 7) is 4.83. The highest BCUT2D eigenvalue weighted by atomic mass is 79.9. The average molecular weight is 297 g/mol. The molecule has 0 aliphatic heterocycles. The van der Waals surface area contributed by atoms with E-state index in [1.807, 2.05) is 12.1 Å². The van der Waals surface area contributed by atoms with Gasteiger partial charge in [-0.25, -0.2) is 0 Å². The number of halogens is 1. The van der Waals surface area contributed by atoms with Crippen LogP contribution in [0.15, 0.2) is 24.3 Å². The second-order valence-electron chi connectivity index (χ2n) is 5.83. The Balaban J connectivity index is 2.12. The molecule has 2 heteroatoms. The number of aliphatic hydroxyl groups is 1. The van der Waals surface area contributed by atoms with Gasteiger partial charge in [-0.3, -0.25) is 0 Å². The van der Waals surface area contributed by atoms with E-state index in [0.717, 1.165) is 5.56 Å². The molecule has 2 unspecified atom stereocenters. The first kappa shape index (κ1) is 13.1. The van der Waals surface area contributed by atoms with Crippen LogP contribution in [0.1, 0.15) is 50.2 Å². The first-order valence-corrected chi connectivity index (χ1v) is 7.28. The molecule has 1 aromatic rings. The number of alkyl halides is 1. The van der Waals surface area contributed by atoms with Gasteiger partial charge in [0.2, 0.25) is 0 Å². The van der Waals surface area contributed by atoms with E-state index in [1.165, 1.54) is 24.8 Å². The Kier molecular flexibility index (Phi) is 3.94. The summed E-state index contributed by atoms with van der Waals surface area (Å²) >= 11 is 3.80. The third kappa shape index (κ3) is 2.92. The average Bonchev–Trinajstić information content (AvgIpc) is 2.33. The molecule has 0 bridgehead atoms. The fraction of sp³-hybridized carbons (Fsp3) is 0.600. The van der Waals surface area contributed by atoms with Crippen molar-refractivity contribution in [2.45, 2.75) is 50.5 Å². The number of hydrogen-bond donors (Lipinski definition) is 1. The van der Waals surface area contributed by atoms with Crippen LogP contribution in [0, 0.1) is 5.41 Å². The van der Waals surface area contributed by atoms with Crippen molar-refractivity contribution in [3.63, 3.8) is 0 Å². The maximum atomic E-state index is 9.05. The van der Waals surface area contributed by atoms with Gasteiger partial charge in [0.05, 0.1) is 6.61 Å². The van der Waals surface area contributed by atoms with E-state index in [0.29, 0.717) is 16.2 Å². The number of aliphatic hydroxyl groups excluding tert-OH is 1. The molecule has 1 nitrogen and oxygen atoms in total. The summed E-state index contributed by atoms with van der Waals surface area (Å²) in [6.07, 6.45) is 3.75. The van der Waals surface area contributed by atoms with Crippen molar-refractivity contribution >= 4 is 15.9 Å². The van der Waals surface area contributed by atoms with E-state index in [4.69, 9.17) is 5.11 Å². The fourth-order valence-electron chi connectivity index (χ4n) is 2.78. The standard InChI is InChI=1S/C15H21BrO/c1-15(2)9-13(7-8-14(15)16)12-5-3-11(10-17)4-6-12/h3-6,13-14,17H,7-10H2,1-2H3. The molecule has 1 N–H and O–H groups in total. The minimum absolute atomic E-state index is 0.139. The van der Waals surface area contributed by atoms with Crippen molar-refractivity contribution in [1.82, 2.24) is 0 Å². The molecule has 1 fully saturated rings. The summed E-state index contributed by atoms with van der Waals surface area (Å²) in [5.74, 6) is 0.673. The summed E-state index contributed by atoms with van der Waals surface area (Å²) in [4.78, 5) is 0.642. The van der Waals surface area contributed by atoms with Crippen molar-refractivity contribution in [3.8, 4) is 0 Å². The van der Waals surface area contributed by atoms with Gasteiger partial charge in [-0.15, -0.1) is 0 Å². The van der Waals surface area contributed by atoms with Gasteiger partial charge in [-0.2, -0.15) is 0 Å². The van der Waals surface area contributed by atoms with Crippen LogP contribution in [-0.4, -0.2) is 9.93 Å². The molecule has 0 radical (unpaired) electrons. The van der Waals surface area contributed by atoms with Gasteiger partial charge in [0, 0.05) is 4.83 Å². The highest BCUT2D eigenvalue weighted by Gasteiger charge is 2.35. The lowest BCUT2D eigenvalue weighted by atomic mass is 9.70. The molecular formula is C15H21BrO. The Morgan fingerprint density at radius 1 is 1.24 bits per heavy atom. The minimum atomic E-state index is 0.139. The number of benzene rings is 1. The van der Waals surface area contributed by atoms with Crippen LogP contribution < -0.4 is 0 Å². The van der Waals surface area contributed by atoms with Crippen LogP contribution in [0.5, 0.6) is 0 Å². The van der Waals surface area contributed by atoms with Gasteiger partial charge in [0.15, 0.2) is 0 Å². The van der Waals surface area contributed by atoms with Gasteiger partial charge in [-0.1, -0.05) is 54.0 Å². The van der Waals surface area contributed by atoms with Crippen molar-refractivity contribution < 1.29 is 5.11 Å². The molecule has 2 atom stereocenters. The smallest absolute Gasteiger partial charge is 0.0681 e. The third-order valence-corrected chi connectivity index (χ3v) is 5.72. The topological polar surface area (TPSA) is 20.2 Å². The third-order valence-electron chi connectivity index (χ3n) is 4.02. The predicted octanol–water partition coefficient (Wildman–Crippen LogP) is 4.24. The highest BCUT2D eigenvalue weighted by molar-refractivity contribution is 9.09. The molecule has 0 saturated heterocycles. The zero-order valence-electron chi connectivity index (χ0n) is 10.6. The molecule has 0 aromatic heterocycles. The minimum Gasteiger partial charge on any atom is -0.392 e. The lowest BCUT2D eigenvalue weighted by molar-refractivity contribution is 0.234. The van der Waals surface area contributed by atoms with Crippen molar-refractivity contribution in [2.24, 2.45) is 5.41 Å². The Hall–Kier alpha value is -0.340. The van der Waals surface area contributed by atoms with Crippen molar-refractivity contribution in [2.75, 3.05) is 0 Å². The molecule has 1 saturated carbocycles. The van der Waals surface area contributed by atoms with Crippen LogP contribution in [0.4, 0.5) is 0 Å². The number of rotatable bonds is 2. The van der Waals surface area contributed by atoms with E-state index >= 15 is 0 Å². The maximum absolute atomic E-state index is 9.05. The first-order chi connectivity index (χ1) is 8.03. The lowest BCUT2D eigenvalue weighted by Crippen LogP contribution is -2.31. The van der Waals surface area contributed by atoms with E-state index in [1.54, 1.807) is 0 Å². The van der Waals surface area contributed by atoms with Crippen LogP contribution in [0.2, 0.25) is 0 Å². The largest absolute Gasteiger partial charge is 0.392 e. The highest BCUT2D eigenvalue weighted by Crippen LogP contribution is 2.46. The van der Waals surface area contributed by atoms with Gasteiger partial charge in [0.1, 0.15) is 0 Å². The van der Waals surface area contributed by atoms with Crippen LogP contribution in [0.25, 0.3) is 0 Å². The van der Waals surface area contributed by atoms with Crippen LogP contribution in [-0.2, 0) is 6.61 Å². The molecule has 1 aliphatic carbocycles. The van der Waals surface area contributed by atoms with E-state index < -0.39 is 0 Å². The zero-order valence-corrected chi connectivity index (χ0v) is 12.2. The molecule has 94 valence electrons. The second kappa shape index (κ2) is 5.11. The normalized spacial score (nSPS) is 28.0. The van der Waals surface area contributed by atoms with Gasteiger partial charge < -0.3 is 5.11 Å². The van der Waals surface area contributed by atoms with Crippen molar-refractivity contribution in [1.29, 1.82) is 0 Å². The predicted molar refractivity (Wildman–Crippen MR) is 75.5 cm³/mol. The Bertz CT molecular complexity index is 369. The van der Waals surface area contributed by atoms with Crippen LogP contribution in [0.3, 0.4) is 0 Å². The number of hydrogen-bond acceptors (Lipinski definition) is 1. The summed E-state index contributed by atoms with van der Waals surface area (Å²) in [6, 6.07) is 8.45. The van der Waals surface area contributed by atoms with E-state index in [-0.39, 0.29) is 6.61 Å². The fourth-order valence-corrected chi connectivity index (χ4v) is 3.23. The molecule has 2 rings (SSSR count). The lowest BCUT2D eigenvalue weighted by Gasteiger charge is -2.40. The zero-order chi connectivity index (χ0) is 12.5. The van der Waals surface area contributed by atoms with Gasteiger partial charge in [0.25, 0.3) is 0 Å². The Morgan fingerprint density at radius 2 is 1.88 bits per heavy atom. The summed E-state index contributed by atoms with van der Waals surface area (Å²) in [7, 11) is 0. The van der Waals surface area contributed by atoms with Gasteiger partial charge >= 0.3 is 0 Å². The SMILES string of the molecule is CC1(C)CC(c2ccc(CO)cc2)CCC1Br. The summed E-state index contributed by atoms with van der Waals surface area (Å²) in [5.41, 5.74) is 2.80. The van der Waals surface area contributed by atoms with Crippen molar-refractivity contribution in [3.05, 3.63) is 35.4 Å². The molecule has 17 heavy (non-hydrogen) atoms. The monoisotopic (exact) mass is 296 g/mol. The second-order valence-corrected chi connectivity index (χ2v) is 6.94. The van der Waals surface area contributed by atoms with Crippen LogP contribution >= 0.6 is 15.9 Å². The summed E-state index contributed by atoms with van der Waals surface area (Å²) in [5, 5.41) is 9.05. The molecule has 0 heterocycles. The molecular weight excluding hydrogens is 276 g/mol. The first-order valence-electron chi connectivity index (χ1n) is 6.37. The Labute approximate surface area is 112 Å². The summed E-state index contributed by atoms with van der Waals surface area (Å²) < 4.78 is 0. The maximum Gasteiger partial charge on any atom is 0.0681 e. The molecule has 1 aromatic carbocycles. The molecule has 0 amide bonds. The molecule has 0 spiro atoms.